The van der Waals surface area contributed by atoms with Crippen molar-refractivity contribution in [1.82, 2.24) is 19.6 Å². The number of anilines is 1. The lowest BCUT2D eigenvalue weighted by atomic mass is 10.2. The Labute approximate surface area is 150 Å². The number of benzene rings is 2. The maximum atomic E-state index is 5.71. The molecule has 1 unspecified atom stereocenters. The van der Waals surface area contributed by atoms with Crippen LogP contribution in [0.2, 0.25) is 0 Å². The summed E-state index contributed by atoms with van der Waals surface area (Å²) < 4.78 is 7.52. The maximum absolute atomic E-state index is 5.71. The van der Waals surface area contributed by atoms with Crippen LogP contribution in [0.15, 0.2) is 54.6 Å². The van der Waals surface area contributed by atoms with Gasteiger partial charge >= 0.3 is 0 Å². The smallest absolute Gasteiger partial charge is 0.226 e. The van der Waals surface area contributed by atoms with Crippen LogP contribution in [0.25, 0.3) is 27.9 Å². The summed E-state index contributed by atoms with van der Waals surface area (Å²) in [5.74, 6) is 1.40. The second kappa shape index (κ2) is 6.38. The molecule has 1 atom stereocenters. The van der Waals surface area contributed by atoms with Crippen LogP contribution in [0.4, 0.5) is 5.95 Å². The van der Waals surface area contributed by atoms with Crippen molar-refractivity contribution in [3.8, 4) is 11.4 Å². The van der Waals surface area contributed by atoms with Gasteiger partial charge in [0.2, 0.25) is 5.95 Å². The lowest BCUT2D eigenvalue weighted by molar-refractivity contribution is 0.120. The van der Waals surface area contributed by atoms with Crippen molar-refractivity contribution in [2.45, 2.75) is 18.9 Å². The second-order valence-electron chi connectivity index (χ2n) is 6.51. The molecule has 0 aliphatic carbocycles. The van der Waals surface area contributed by atoms with E-state index in [2.05, 4.69) is 5.32 Å². The van der Waals surface area contributed by atoms with Gasteiger partial charge in [0.15, 0.2) is 11.5 Å². The van der Waals surface area contributed by atoms with E-state index in [0.29, 0.717) is 11.8 Å². The van der Waals surface area contributed by atoms with E-state index in [4.69, 9.17) is 19.8 Å². The van der Waals surface area contributed by atoms with Crippen molar-refractivity contribution in [2.24, 2.45) is 0 Å². The van der Waals surface area contributed by atoms with E-state index >= 15 is 0 Å². The number of hydrogen-bond donors (Lipinski definition) is 1. The van der Waals surface area contributed by atoms with Crippen LogP contribution in [0.1, 0.15) is 12.8 Å². The molecule has 4 aromatic rings. The molecule has 3 heterocycles. The average molecular weight is 345 g/mol. The summed E-state index contributed by atoms with van der Waals surface area (Å²) in [6.07, 6.45) is 2.43. The van der Waals surface area contributed by atoms with Crippen LogP contribution in [0.3, 0.4) is 0 Å². The van der Waals surface area contributed by atoms with Crippen LogP contribution in [-0.4, -0.2) is 38.8 Å². The molecule has 130 valence electrons. The van der Waals surface area contributed by atoms with Gasteiger partial charge in [-0.3, -0.25) is 0 Å². The van der Waals surface area contributed by atoms with Gasteiger partial charge in [0.05, 0.1) is 11.6 Å². The molecule has 6 heteroatoms. The maximum Gasteiger partial charge on any atom is 0.226 e. The minimum atomic E-state index is 0.232. The Morgan fingerprint density at radius 2 is 1.88 bits per heavy atom. The Bertz CT molecular complexity index is 1050. The molecule has 6 nitrogen and oxygen atoms in total. The summed E-state index contributed by atoms with van der Waals surface area (Å²) in [6.45, 7) is 1.56. The summed E-state index contributed by atoms with van der Waals surface area (Å²) in [4.78, 5) is 9.56. The number of fused-ring (bicyclic) bond motifs is 3. The standard InChI is InChI=1S/C20H19N5O/c1-2-7-14(8-3-1)18-23-19-16-10-4-5-11-17(16)22-20(25(19)24-18)21-13-15-9-6-12-26-15/h1-5,7-8,10-11,15H,6,9,12-13H2,(H,21,22). The van der Waals surface area contributed by atoms with Crippen LogP contribution in [0, 0.1) is 0 Å². The zero-order valence-electron chi connectivity index (χ0n) is 14.3. The summed E-state index contributed by atoms with van der Waals surface area (Å²) in [5.41, 5.74) is 2.71. The SMILES string of the molecule is c1ccc(-c2nc3c4ccccc4nc(NCC4CCCO4)n3n2)cc1. The average Bonchev–Trinajstić information content (AvgIpc) is 3.37. The number of aromatic nitrogens is 4. The van der Waals surface area contributed by atoms with Gasteiger partial charge < -0.3 is 10.1 Å². The first-order chi connectivity index (χ1) is 12.9. The number of nitrogens with one attached hydrogen (secondary N) is 1. The molecule has 1 fully saturated rings. The number of hydrogen-bond acceptors (Lipinski definition) is 5. The Balaban J connectivity index is 1.63. The molecule has 0 saturated carbocycles. The number of ether oxygens (including phenoxy) is 1. The first kappa shape index (κ1) is 15.3. The molecule has 1 aliphatic rings. The van der Waals surface area contributed by atoms with Crippen molar-refractivity contribution >= 4 is 22.5 Å². The van der Waals surface area contributed by atoms with E-state index in [9.17, 15) is 0 Å². The topological polar surface area (TPSA) is 64.3 Å². The minimum Gasteiger partial charge on any atom is -0.376 e. The highest BCUT2D eigenvalue weighted by molar-refractivity contribution is 5.92. The van der Waals surface area contributed by atoms with Crippen molar-refractivity contribution in [3.63, 3.8) is 0 Å². The summed E-state index contributed by atoms with van der Waals surface area (Å²) in [5, 5.41) is 9.12. The van der Waals surface area contributed by atoms with Gasteiger partial charge in [-0.25, -0.2) is 9.97 Å². The third-order valence-electron chi connectivity index (χ3n) is 4.72. The second-order valence-corrected chi connectivity index (χ2v) is 6.51. The molecule has 1 saturated heterocycles. The fraction of sp³-hybridized carbons (Fsp3) is 0.250. The van der Waals surface area contributed by atoms with Crippen molar-refractivity contribution < 1.29 is 4.74 Å². The fourth-order valence-corrected chi connectivity index (χ4v) is 3.39. The Morgan fingerprint density at radius 1 is 1.04 bits per heavy atom. The first-order valence-electron chi connectivity index (χ1n) is 8.95. The molecule has 0 spiro atoms. The van der Waals surface area contributed by atoms with Crippen LogP contribution in [0.5, 0.6) is 0 Å². The van der Waals surface area contributed by atoms with E-state index in [1.807, 2.05) is 54.6 Å². The lowest BCUT2D eigenvalue weighted by Crippen LogP contribution is -2.20. The highest BCUT2D eigenvalue weighted by Gasteiger charge is 2.18. The highest BCUT2D eigenvalue weighted by Crippen LogP contribution is 2.24. The van der Waals surface area contributed by atoms with Crippen molar-refractivity contribution in [2.75, 3.05) is 18.5 Å². The first-order valence-corrected chi connectivity index (χ1v) is 8.95. The van der Waals surface area contributed by atoms with E-state index < -0.39 is 0 Å². The predicted molar refractivity (Wildman–Crippen MR) is 101 cm³/mol. The molecule has 26 heavy (non-hydrogen) atoms. The van der Waals surface area contributed by atoms with Crippen molar-refractivity contribution in [1.29, 1.82) is 0 Å². The zero-order chi connectivity index (χ0) is 17.3. The Morgan fingerprint density at radius 3 is 2.73 bits per heavy atom. The van der Waals surface area contributed by atoms with Gasteiger partial charge in [-0.15, -0.1) is 5.10 Å². The van der Waals surface area contributed by atoms with Gasteiger partial charge in [0.1, 0.15) is 0 Å². The third kappa shape index (κ3) is 2.68. The van der Waals surface area contributed by atoms with E-state index in [1.165, 1.54) is 0 Å². The van der Waals surface area contributed by atoms with Gasteiger partial charge in [-0.2, -0.15) is 4.52 Å². The molecule has 1 N–H and O–H groups in total. The summed E-state index contributed by atoms with van der Waals surface area (Å²) in [6, 6.07) is 18.0. The predicted octanol–water partition coefficient (Wildman–Crippen LogP) is 3.54. The summed E-state index contributed by atoms with van der Waals surface area (Å²) >= 11 is 0. The molecular formula is C20H19N5O. The molecule has 0 radical (unpaired) electrons. The van der Waals surface area contributed by atoms with Crippen LogP contribution in [-0.2, 0) is 4.74 Å². The van der Waals surface area contributed by atoms with Gasteiger partial charge in [0, 0.05) is 24.1 Å². The van der Waals surface area contributed by atoms with E-state index in [1.54, 1.807) is 4.52 Å². The minimum absolute atomic E-state index is 0.232. The molecule has 1 aliphatic heterocycles. The Kier molecular flexibility index (Phi) is 3.75. The normalized spacial score (nSPS) is 17.2. The monoisotopic (exact) mass is 345 g/mol. The molecule has 0 amide bonds. The molecular weight excluding hydrogens is 326 g/mol. The third-order valence-corrected chi connectivity index (χ3v) is 4.72. The summed E-state index contributed by atoms with van der Waals surface area (Å²) in [7, 11) is 0. The Hall–Kier alpha value is -2.99. The number of nitrogens with zero attached hydrogens (tertiary/aromatic N) is 4. The largest absolute Gasteiger partial charge is 0.376 e. The lowest BCUT2D eigenvalue weighted by Gasteiger charge is -2.12. The van der Waals surface area contributed by atoms with Crippen molar-refractivity contribution in [3.05, 3.63) is 54.6 Å². The quantitative estimate of drug-likeness (QED) is 0.613. The fourth-order valence-electron chi connectivity index (χ4n) is 3.39. The van der Waals surface area contributed by atoms with Gasteiger partial charge in [0.25, 0.3) is 0 Å². The highest BCUT2D eigenvalue weighted by atomic mass is 16.5. The van der Waals surface area contributed by atoms with E-state index in [-0.39, 0.29) is 6.10 Å². The molecule has 2 aromatic heterocycles. The molecule has 5 rings (SSSR count). The van der Waals surface area contributed by atoms with E-state index in [0.717, 1.165) is 48.1 Å². The number of para-hydroxylation sites is 1. The van der Waals surface area contributed by atoms with Crippen LogP contribution >= 0.6 is 0 Å². The molecule has 2 aromatic carbocycles. The van der Waals surface area contributed by atoms with Gasteiger partial charge in [-0.05, 0) is 25.0 Å². The van der Waals surface area contributed by atoms with Crippen LogP contribution < -0.4 is 5.32 Å². The number of rotatable bonds is 4. The zero-order valence-corrected chi connectivity index (χ0v) is 14.3. The molecule has 0 bridgehead atoms. The van der Waals surface area contributed by atoms with Gasteiger partial charge in [-0.1, -0.05) is 42.5 Å².